The van der Waals surface area contributed by atoms with Crippen molar-refractivity contribution in [1.29, 1.82) is 5.26 Å². The molecule has 1 unspecified atom stereocenters. The number of nitriles is 1. The fourth-order valence-electron chi connectivity index (χ4n) is 5.22. The molecule has 5 heterocycles. The highest BCUT2D eigenvalue weighted by molar-refractivity contribution is 8.04. The van der Waals surface area contributed by atoms with Gasteiger partial charge < -0.3 is 10.6 Å². The van der Waals surface area contributed by atoms with Crippen LogP contribution in [0.25, 0.3) is 33.9 Å². The lowest BCUT2D eigenvalue weighted by Gasteiger charge is -2.27. The number of carbonyl (C=O) groups excluding carboxylic acids is 1. The number of hydrogen-bond donors (Lipinski definition) is 1. The van der Waals surface area contributed by atoms with Crippen LogP contribution in [0.1, 0.15) is 16.5 Å². The molecule has 2 aromatic carbocycles. The minimum absolute atomic E-state index is 0.123. The normalized spacial score (nSPS) is 15.3. The van der Waals surface area contributed by atoms with Crippen molar-refractivity contribution in [2.45, 2.75) is 11.6 Å². The third kappa shape index (κ3) is 4.83. The number of anilines is 1. The number of nitrogens with zero attached hydrogens (tertiary/aromatic N) is 7. The molecule has 6 aromatic rings. The molecule has 0 radical (unpaired) electrons. The van der Waals surface area contributed by atoms with Crippen molar-refractivity contribution < 1.29 is 22.4 Å². The zero-order chi connectivity index (χ0) is 31.5. The summed E-state index contributed by atoms with van der Waals surface area (Å²) in [5.41, 5.74) is 7.93. The van der Waals surface area contributed by atoms with Gasteiger partial charge in [0.2, 0.25) is 0 Å². The van der Waals surface area contributed by atoms with Crippen molar-refractivity contribution in [3.63, 3.8) is 0 Å². The Hall–Kier alpha value is -5.68. The van der Waals surface area contributed by atoms with E-state index in [0.29, 0.717) is 51.2 Å². The molecule has 4 aromatic heterocycles. The Morgan fingerprint density at radius 2 is 1.71 bits per heavy atom. The standard InChI is InChI=1S/C31H18F4N8OS/c32-20-10-8-18(9-11-20)25-26(41-14-2-1-3-22(41)39-25)21-12-13-23-38-24(16-42(23)40-21)43-28(31(33,34)35)27(29(37)44)45-30(43)19-6-4-17(15-36)5-7-19/h1-14,16,30H,(H2,37,44). The van der Waals surface area contributed by atoms with Crippen LogP contribution in [-0.4, -0.2) is 36.1 Å². The van der Waals surface area contributed by atoms with Crippen molar-refractivity contribution in [2.24, 2.45) is 5.73 Å². The van der Waals surface area contributed by atoms with Gasteiger partial charge >= 0.3 is 6.18 Å². The number of pyridine rings is 1. The molecule has 0 bridgehead atoms. The van der Waals surface area contributed by atoms with E-state index in [9.17, 15) is 27.6 Å². The molecule has 1 atom stereocenters. The number of rotatable bonds is 5. The van der Waals surface area contributed by atoms with Gasteiger partial charge in [0.05, 0.1) is 23.5 Å². The van der Waals surface area contributed by atoms with E-state index in [1.54, 1.807) is 36.5 Å². The number of imidazole rings is 2. The maximum Gasteiger partial charge on any atom is 0.432 e. The summed E-state index contributed by atoms with van der Waals surface area (Å²) in [6.45, 7) is 0. The Labute approximate surface area is 255 Å². The number of amides is 1. The van der Waals surface area contributed by atoms with Gasteiger partial charge in [-0.1, -0.05) is 30.0 Å². The smallest absolute Gasteiger partial charge is 0.365 e. The van der Waals surface area contributed by atoms with Crippen LogP contribution < -0.4 is 10.6 Å². The SMILES string of the molecule is N#Cc1ccc(C2SC(C(N)=O)=C(C(F)(F)F)N2c2cn3nc(-c4c(-c5ccc(F)cc5)nc5ccccn45)ccc3n2)cc1. The molecule has 0 fully saturated rings. The minimum Gasteiger partial charge on any atom is -0.365 e. The highest BCUT2D eigenvalue weighted by atomic mass is 32.2. The Balaban J connectivity index is 1.39. The molecule has 7 rings (SSSR count). The molecule has 0 spiro atoms. The third-order valence-electron chi connectivity index (χ3n) is 7.18. The summed E-state index contributed by atoms with van der Waals surface area (Å²) in [7, 11) is 0. The Bertz CT molecular complexity index is 2200. The van der Waals surface area contributed by atoms with Gasteiger partial charge in [-0.05, 0) is 66.2 Å². The number of alkyl halides is 3. The number of carbonyl (C=O) groups is 1. The monoisotopic (exact) mass is 626 g/mol. The lowest BCUT2D eigenvalue weighted by molar-refractivity contribution is -0.115. The Morgan fingerprint density at radius 1 is 0.956 bits per heavy atom. The Kier molecular flexibility index (Phi) is 6.55. The predicted octanol–water partition coefficient (Wildman–Crippen LogP) is 6.23. The molecular formula is C31H18F4N8OS. The average molecular weight is 627 g/mol. The van der Waals surface area contributed by atoms with Crippen LogP contribution in [0, 0.1) is 17.1 Å². The van der Waals surface area contributed by atoms with Crippen LogP contribution >= 0.6 is 11.8 Å². The van der Waals surface area contributed by atoms with E-state index in [1.807, 2.05) is 22.6 Å². The van der Waals surface area contributed by atoms with Crippen LogP contribution in [0.2, 0.25) is 0 Å². The van der Waals surface area contributed by atoms with E-state index in [2.05, 4.69) is 10.1 Å². The first-order valence-corrected chi connectivity index (χ1v) is 14.2. The summed E-state index contributed by atoms with van der Waals surface area (Å²) < 4.78 is 60.5. The molecular weight excluding hydrogens is 608 g/mol. The molecule has 2 N–H and O–H groups in total. The van der Waals surface area contributed by atoms with Crippen LogP contribution in [0.15, 0.2) is 102 Å². The highest BCUT2D eigenvalue weighted by Gasteiger charge is 2.50. The minimum atomic E-state index is -4.95. The first-order chi connectivity index (χ1) is 21.6. The number of thioether (sulfide) groups is 1. The third-order valence-corrected chi connectivity index (χ3v) is 8.52. The van der Waals surface area contributed by atoms with E-state index in [0.717, 1.165) is 4.90 Å². The summed E-state index contributed by atoms with van der Waals surface area (Å²) in [5, 5.41) is 12.8. The molecule has 0 saturated carbocycles. The highest BCUT2D eigenvalue weighted by Crippen LogP contribution is 2.53. The number of aromatic nitrogens is 5. The van der Waals surface area contributed by atoms with Crippen molar-refractivity contribution in [2.75, 3.05) is 4.90 Å². The number of benzene rings is 2. The van der Waals surface area contributed by atoms with E-state index < -0.39 is 33.9 Å². The largest absolute Gasteiger partial charge is 0.432 e. The van der Waals surface area contributed by atoms with Crippen molar-refractivity contribution in [3.8, 4) is 28.7 Å². The number of fused-ring (bicyclic) bond motifs is 2. The molecule has 1 aliphatic rings. The number of allylic oxidation sites excluding steroid dienone is 1. The quantitative estimate of drug-likeness (QED) is 0.225. The lowest BCUT2D eigenvalue weighted by Crippen LogP contribution is -2.32. The molecule has 14 heteroatoms. The van der Waals surface area contributed by atoms with Gasteiger partial charge in [-0.25, -0.2) is 18.9 Å². The number of nitrogens with two attached hydrogens (primary N) is 1. The zero-order valence-corrected chi connectivity index (χ0v) is 23.6. The second kappa shape index (κ2) is 10.5. The number of halogens is 4. The zero-order valence-electron chi connectivity index (χ0n) is 22.8. The van der Waals surface area contributed by atoms with Crippen LogP contribution in [-0.2, 0) is 4.79 Å². The van der Waals surface area contributed by atoms with Gasteiger partial charge in [0.25, 0.3) is 5.91 Å². The van der Waals surface area contributed by atoms with Gasteiger partial charge in [-0.15, -0.1) is 0 Å². The molecule has 0 aliphatic carbocycles. The van der Waals surface area contributed by atoms with Gasteiger partial charge in [0, 0.05) is 11.8 Å². The number of primary amides is 1. The van der Waals surface area contributed by atoms with E-state index in [1.165, 1.54) is 47.1 Å². The summed E-state index contributed by atoms with van der Waals surface area (Å²) in [6.07, 6.45) is -1.81. The number of hydrogen-bond acceptors (Lipinski definition) is 7. The molecule has 1 amide bonds. The fraction of sp³-hybridized carbons (Fsp3) is 0.0645. The summed E-state index contributed by atoms with van der Waals surface area (Å²) >= 11 is 0.656. The maximum atomic E-state index is 14.6. The van der Waals surface area contributed by atoms with Crippen LogP contribution in [0.3, 0.4) is 0 Å². The molecule has 9 nitrogen and oxygen atoms in total. The van der Waals surface area contributed by atoms with Crippen molar-refractivity contribution in [1.82, 2.24) is 24.0 Å². The summed E-state index contributed by atoms with van der Waals surface area (Å²) in [4.78, 5) is 21.7. The molecule has 222 valence electrons. The van der Waals surface area contributed by atoms with Gasteiger partial charge in [-0.2, -0.15) is 23.5 Å². The van der Waals surface area contributed by atoms with Gasteiger partial charge in [0.1, 0.15) is 38.8 Å². The first-order valence-electron chi connectivity index (χ1n) is 13.3. The summed E-state index contributed by atoms with van der Waals surface area (Å²) in [5.74, 6) is -1.75. The average Bonchev–Trinajstić information content (AvgIpc) is 3.74. The van der Waals surface area contributed by atoms with E-state index in [-0.39, 0.29) is 11.5 Å². The van der Waals surface area contributed by atoms with Gasteiger partial charge in [0.15, 0.2) is 11.5 Å². The predicted molar refractivity (Wildman–Crippen MR) is 159 cm³/mol. The van der Waals surface area contributed by atoms with Crippen LogP contribution in [0.5, 0.6) is 0 Å². The van der Waals surface area contributed by atoms with E-state index in [4.69, 9.17) is 10.7 Å². The molecule has 1 aliphatic heterocycles. The van der Waals surface area contributed by atoms with Crippen molar-refractivity contribution >= 4 is 34.8 Å². The van der Waals surface area contributed by atoms with Gasteiger partial charge in [-0.3, -0.25) is 9.20 Å². The Morgan fingerprint density at radius 3 is 2.40 bits per heavy atom. The second-order valence-corrected chi connectivity index (χ2v) is 11.1. The lowest BCUT2D eigenvalue weighted by atomic mass is 10.1. The molecule has 45 heavy (non-hydrogen) atoms. The fourth-order valence-corrected chi connectivity index (χ4v) is 6.50. The topological polar surface area (TPSA) is 118 Å². The maximum absolute atomic E-state index is 14.6. The van der Waals surface area contributed by atoms with Crippen LogP contribution in [0.4, 0.5) is 23.4 Å². The molecule has 0 saturated heterocycles. The first kappa shape index (κ1) is 28.1. The summed E-state index contributed by atoms with van der Waals surface area (Å²) in [6, 6.07) is 22.6. The second-order valence-electron chi connectivity index (χ2n) is 9.98. The van der Waals surface area contributed by atoms with E-state index >= 15 is 0 Å². The van der Waals surface area contributed by atoms with Crippen molar-refractivity contribution in [3.05, 3.63) is 119 Å².